The Balaban J connectivity index is 2.77. The number of carboxylic acid groups (broad SMARTS) is 1. The van der Waals surface area contributed by atoms with E-state index in [-0.39, 0.29) is 24.8 Å². The van der Waals surface area contributed by atoms with E-state index >= 15 is 0 Å². The minimum Gasteiger partial charge on any atom is -0.480 e. The van der Waals surface area contributed by atoms with Crippen molar-refractivity contribution in [3.05, 3.63) is 29.3 Å². The Hall–Kier alpha value is -2.08. The number of carbonyl (C=O) groups is 3. The number of carboxylic acids is 1. The lowest BCUT2D eigenvalue weighted by molar-refractivity contribution is -0.136. The van der Waals surface area contributed by atoms with Gasteiger partial charge in [0.2, 0.25) is 11.8 Å². The van der Waals surface area contributed by atoms with Gasteiger partial charge in [-0.1, -0.05) is 11.6 Å². The van der Waals surface area contributed by atoms with Crippen LogP contribution in [-0.2, 0) is 14.4 Å². The van der Waals surface area contributed by atoms with Gasteiger partial charge in [-0.2, -0.15) is 0 Å². The molecule has 0 aliphatic rings. The lowest BCUT2D eigenvalue weighted by Gasteiger charge is -2.21. The molecule has 0 radical (unpaired) electrons. The largest absolute Gasteiger partial charge is 0.480 e. The third-order valence-electron chi connectivity index (χ3n) is 2.45. The normalized spacial score (nSPS) is 9.90. The second-order valence-electron chi connectivity index (χ2n) is 4.08. The Bertz CT molecular complexity index is 502. The molecule has 7 heteroatoms. The van der Waals surface area contributed by atoms with Crippen LogP contribution in [0.1, 0.15) is 13.3 Å². The van der Waals surface area contributed by atoms with E-state index in [4.69, 9.17) is 16.7 Å². The van der Waals surface area contributed by atoms with Crippen molar-refractivity contribution in [2.45, 2.75) is 13.3 Å². The van der Waals surface area contributed by atoms with Crippen molar-refractivity contribution in [2.24, 2.45) is 0 Å². The van der Waals surface area contributed by atoms with Gasteiger partial charge in [-0.25, -0.2) is 0 Å². The van der Waals surface area contributed by atoms with Gasteiger partial charge in [-0.15, -0.1) is 0 Å². The summed E-state index contributed by atoms with van der Waals surface area (Å²) in [6.45, 7) is 1.07. The van der Waals surface area contributed by atoms with Crippen LogP contribution < -0.4 is 10.2 Å². The second-order valence-corrected chi connectivity index (χ2v) is 4.52. The van der Waals surface area contributed by atoms with Gasteiger partial charge in [0.05, 0.1) is 0 Å². The molecule has 1 aromatic carbocycles. The van der Waals surface area contributed by atoms with Gasteiger partial charge in [0.1, 0.15) is 6.54 Å². The number of anilines is 1. The molecule has 0 spiro atoms. The zero-order chi connectivity index (χ0) is 15.1. The first kappa shape index (κ1) is 16.0. The van der Waals surface area contributed by atoms with Gasteiger partial charge in [0, 0.05) is 30.6 Å². The molecule has 0 fully saturated rings. The lowest BCUT2D eigenvalue weighted by Crippen LogP contribution is -2.37. The van der Waals surface area contributed by atoms with E-state index < -0.39 is 12.5 Å². The van der Waals surface area contributed by atoms with E-state index in [0.29, 0.717) is 10.7 Å². The highest BCUT2D eigenvalue weighted by molar-refractivity contribution is 6.30. The standard InChI is InChI=1S/C13H15ClN2O4/c1-9(17)15-7-6-12(18)16(8-13(19)20)11-4-2-10(14)3-5-11/h2-5H,6-8H2,1H3,(H,15,17)(H,19,20). The number of amides is 2. The number of hydrogen-bond donors (Lipinski definition) is 2. The van der Waals surface area contributed by atoms with Crippen LogP contribution in [0, 0.1) is 0 Å². The lowest BCUT2D eigenvalue weighted by atomic mass is 10.2. The van der Waals surface area contributed by atoms with Crippen LogP contribution in [0.15, 0.2) is 24.3 Å². The smallest absolute Gasteiger partial charge is 0.323 e. The van der Waals surface area contributed by atoms with Crippen molar-refractivity contribution < 1.29 is 19.5 Å². The fourth-order valence-corrected chi connectivity index (χ4v) is 1.69. The molecule has 0 bridgehead atoms. The van der Waals surface area contributed by atoms with Gasteiger partial charge < -0.3 is 15.3 Å². The third-order valence-corrected chi connectivity index (χ3v) is 2.70. The molecule has 0 unspecified atom stereocenters. The first-order valence-corrected chi connectivity index (χ1v) is 6.30. The summed E-state index contributed by atoms with van der Waals surface area (Å²) in [5.41, 5.74) is 0.449. The van der Waals surface area contributed by atoms with Crippen LogP contribution in [0.2, 0.25) is 5.02 Å². The molecule has 108 valence electrons. The summed E-state index contributed by atoms with van der Waals surface area (Å²) >= 11 is 5.75. The van der Waals surface area contributed by atoms with Crippen LogP contribution in [0.5, 0.6) is 0 Å². The van der Waals surface area contributed by atoms with E-state index in [1.54, 1.807) is 24.3 Å². The molecule has 2 amide bonds. The number of nitrogens with one attached hydrogen (secondary N) is 1. The summed E-state index contributed by atoms with van der Waals surface area (Å²) in [6, 6.07) is 6.29. The van der Waals surface area contributed by atoms with Crippen molar-refractivity contribution in [1.29, 1.82) is 0 Å². The summed E-state index contributed by atoms with van der Waals surface area (Å²) in [4.78, 5) is 34.7. The molecule has 1 aromatic rings. The molecular weight excluding hydrogens is 284 g/mol. The second kappa shape index (κ2) is 7.49. The Morgan fingerprint density at radius 3 is 2.35 bits per heavy atom. The Kier molecular flexibility index (Phi) is 5.99. The van der Waals surface area contributed by atoms with Gasteiger partial charge in [-0.3, -0.25) is 14.4 Å². The first-order chi connectivity index (χ1) is 9.40. The summed E-state index contributed by atoms with van der Waals surface area (Å²) in [5.74, 6) is -1.75. The maximum atomic E-state index is 12.0. The first-order valence-electron chi connectivity index (χ1n) is 5.92. The number of carbonyl (C=O) groups excluding carboxylic acids is 2. The van der Waals surface area contributed by atoms with Crippen molar-refractivity contribution in [3.8, 4) is 0 Å². The van der Waals surface area contributed by atoms with E-state index in [1.165, 1.54) is 6.92 Å². The van der Waals surface area contributed by atoms with Crippen LogP contribution in [0.3, 0.4) is 0 Å². The number of hydrogen-bond acceptors (Lipinski definition) is 3. The van der Waals surface area contributed by atoms with Crippen molar-refractivity contribution in [3.63, 3.8) is 0 Å². The van der Waals surface area contributed by atoms with E-state index in [0.717, 1.165) is 4.90 Å². The number of aliphatic carboxylic acids is 1. The molecule has 20 heavy (non-hydrogen) atoms. The average molecular weight is 299 g/mol. The van der Waals surface area contributed by atoms with Crippen LogP contribution in [-0.4, -0.2) is 36.0 Å². The Labute approximate surface area is 121 Å². The maximum absolute atomic E-state index is 12.0. The van der Waals surface area contributed by atoms with Gasteiger partial charge >= 0.3 is 5.97 Å². The molecule has 2 N–H and O–H groups in total. The summed E-state index contributed by atoms with van der Waals surface area (Å²) < 4.78 is 0. The summed E-state index contributed by atoms with van der Waals surface area (Å²) in [7, 11) is 0. The molecule has 0 saturated carbocycles. The summed E-state index contributed by atoms with van der Waals surface area (Å²) in [6.07, 6.45) is 0.0233. The number of rotatable bonds is 6. The average Bonchev–Trinajstić information content (AvgIpc) is 2.36. The van der Waals surface area contributed by atoms with Crippen molar-refractivity contribution in [1.82, 2.24) is 5.32 Å². The number of nitrogens with zero attached hydrogens (tertiary/aromatic N) is 1. The van der Waals surface area contributed by atoms with E-state index in [1.807, 2.05) is 0 Å². The monoisotopic (exact) mass is 298 g/mol. The molecule has 0 atom stereocenters. The molecule has 0 aromatic heterocycles. The zero-order valence-electron chi connectivity index (χ0n) is 10.9. The molecule has 6 nitrogen and oxygen atoms in total. The van der Waals surface area contributed by atoms with Crippen molar-refractivity contribution in [2.75, 3.05) is 18.0 Å². The molecule has 1 rings (SSSR count). The maximum Gasteiger partial charge on any atom is 0.323 e. The Morgan fingerprint density at radius 2 is 1.85 bits per heavy atom. The topological polar surface area (TPSA) is 86.7 Å². The molecule has 0 saturated heterocycles. The minimum atomic E-state index is -1.12. The van der Waals surface area contributed by atoms with Crippen LogP contribution in [0.25, 0.3) is 0 Å². The number of halogens is 1. The predicted octanol–water partition coefficient (Wildman–Crippen LogP) is 1.28. The SMILES string of the molecule is CC(=O)NCCC(=O)N(CC(=O)O)c1ccc(Cl)cc1. The van der Waals surface area contributed by atoms with Crippen LogP contribution in [0.4, 0.5) is 5.69 Å². The van der Waals surface area contributed by atoms with E-state index in [2.05, 4.69) is 5.32 Å². The fourth-order valence-electron chi connectivity index (χ4n) is 1.56. The van der Waals surface area contributed by atoms with E-state index in [9.17, 15) is 14.4 Å². The predicted molar refractivity (Wildman–Crippen MR) is 74.7 cm³/mol. The van der Waals surface area contributed by atoms with Gasteiger partial charge in [0.25, 0.3) is 0 Å². The molecular formula is C13H15ClN2O4. The highest BCUT2D eigenvalue weighted by atomic mass is 35.5. The van der Waals surface area contributed by atoms with Crippen molar-refractivity contribution >= 4 is 35.1 Å². The summed E-state index contributed by atoms with van der Waals surface area (Å²) in [5, 5.41) is 11.9. The number of benzene rings is 1. The van der Waals surface area contributed by atoms with Gasteiger partial charge in [-0.05, 0) is 24.3 Å². The van der Waals surface area contributed by atoms with Gasteiger partial charge in [0.15, 0.2) is 0 Å². The Morgan fingerprint density at radius 1 is 1.25 bits per heavy atom. The highest BCUT2D eigenvalue weighted by Gasteiger charge is 2.18. The molecule has 0 aliphatic carbocycles. The molecule has 0 heterocycles. The highest BCUT2D eigenvalue weighted by Crippen LogP contribution is 2.18. The van der Waals surface area contributed by atoms with Crippen LogP contribution >= 0.6 is 11.6 Å². The minimum absolute atomic E-state index is 0.0233. The fraction of sp³-hybridized carbons (Fsp3) is 0.308. The quantitative estimate of drug-likeness (QED) is 0.828. The third kappa shape index (κ3) is 5.27. The molecule has 0 aliphatic heterocycles. The zero-order valence-corrected chi connectivity index (χ0v) is 11.7.